The molecule has 150 valence electrons. The lowest BCUT2D eigenvalue weighted by Crippen LogP contribution is -1.95. The summed E-state index contributed by atoms with van der Waals surface area (Å²) in [6.07, 6.45) is 0. The number of hydrogen-bond acceptors (Lipinski definition) is 4. The molecule has 0 fully saturated rings. The summed E-state index contributed by atoms with van der Waals surface area (Å²) in [5, 5.41) is 11.2. The second kappa shape index (κ2) is 9.11. The number of phenols is 1. The molecule has 0 bridgehead atoms. The van der Waals surface area contributed by atoms with E-state index in [2.05, 4.69) is 15.9 Å². The molecule has 4 rings (SSSR count). The van der Waals surface area contributed by atoms with Gasteiger partial charge in [0.15, 0.2) is 23.0 Å². The fourth-order valence-corrected chi connectivity index (χ4v) is 3.38. The van der Waals surface area contributed by atoms with Crippen molar-refractivity contribution in [3.63, 3.8) is 0 Å². The van der Waals surface area contributed by atoms with Crippen LogP contribution in [0.1, 0.15) is 0 Å². The lowest BCUT2D eigenvalue weighted by Gasteiger charge is -2.18. The lowest BCUT2D eigenvalue weighted by atomic mass is 10.2. The van der Waals surface area contributed by atoms with Crippen molar-refractivity contribution in [2.45, 2.75) is 0 Å². The SMILES string of the molecule is Oc1cc(Oc2ccccc2)c(Oc2ccccc2)c(Br)c1Oc1ccc(Cl)cc1. The first-order valence-electron chi connectivity index (χ1n) is 9.05. The van der Waals surface area contributed by atoms with Gasteiger partial charge in [-0.15, -0.1) is 0 Å². The molecule has 0 aliphatic rings. The summed E-state index contributed by atoms with van der Waals surface area (Å²) < 4.78 is 18.4. The monoisotopic (exact) mass is 482 g/mol. The van der Waals surface area contributed by atoms with Crippen LogP contribution in [0, 0.1) is 0 Å². The van der Waals surface area contributed by atoms with Crippen molar-refractivity contribution in [2.24, 2.45) is 0 Å². The molecule has 4 aromatic carbocycles. The van der Waals surface area contributed by atoms with E-state index in [1.807, 2.05) is 60.7 Å². The molecule has 0 aliphatic carbocycles. The van der Waals surface area contributed by atoms with Gasteiger partial charge in [0.2, 0.25) is 0 Å². The first-order valence-corrected chi connectivity index (χ1v) is 10.2. The van der Waals surface area contributed by atoms with Crippen LogP contribution in [0.25, 0.3) is 0 Å². The fraction of sp³-hybridized carbons (Fsp3) is 0. The summed E-state index contributed by atoms with van der Waals surface area (Å²) in [6, 6.07) is 26.8. The Morgan fingerprint density at radius 3 is 1.73 bits per heavy atom. The zero-order valence-corrected chi connectivity index (χ0v) is 17.9. The third kappa shape index (κ3) is 4.70. The second-order valence-electron chi connectivity index (χ2n) is 6.25. The number of phenolic OH excluding ortho intramolecular Hbond substituents is 1. The van der Waals surface area contributed by atoms with Crippen molar-refractivity contribution in [1.82, 2.24) is 0 Å². The van der Waals surface area contributed by atoms with E-state index in [1.165, 1.54) is 6.07 Å². The molecule has 0 spiro atoms. The number of para-hydroxylation sites is 2. The van der Waals surface area contributed by atoms with Crippen LogP contribution in [0.2, 0.25) is 5.02 Å². The third-order valence-electron chi connectivity index (χ3n) is 4.09. The lowest BCUT2D eigenvalue weighted by molar-refractivity contribution is 0.382. The summed E-state index contributed by atoms with van der Waals surface area (Å²) in [7, 11) is 0. The fourth-order valence-electron chi connectivity index (χ4n) is 2.69. The minimum atomic E-state index is -0.108. The first-order chi connectivity index (χ1) is 14.6. The highest BCUT2D eigenvalue weighted by Crippen LogP contribution is 2.51. The summed E-state index contributed by atoms with van der Waals surface area (Å²) in [5.41, 5.74) is 0. The maximum atomic E-state index is 10.6. The molecule has 0 heterocycles. The van der Waals surface area contributed by atoms with E-state index in [9.17, 15) is 5.11 Å². The van der Waals surface area contributed by atoms with E-state index >= 15 is 0 Å². The summed E-state index contributed by atoms with van der Waals surface area (Å²) in [5.74, 6) is 2.52. The number of rotatable bonds is 6. The quantitative estimate of drug-likeness (QED) is 0.300. The van der Waals surface area contributed by atoms with Gasteiger partial charge in [0.25, 0.3) is 0 Å². The predicted octanol–water partition coefficient (Wildman–Crippen LogP) is 8.19. The first kappa shape index (κ1) is 20.1. The highest BCUT2D eigenvalue weighted by molar-refractivity contribution is 9.10. The Morgan fingerprint density at radius 1 is 0.633 bits per heavy atom. The average molecular weight is 484 g/mol. The van der Waals surface area contributed by atoms with Crippen LogP contribution in [0.3, 0.4) is 0 Å². The second-order valence-corrected chi connectivity index (χ2v) is 7.48. The zero-order valence-electron chi connectivity index (χ0n) is 15.6. The highest BCUT2D eigenvalue weighted by Gasteiger charge is 2.22. The van der Waals surface area contributed by atoms with Crippen LogP contribution < -0.4 is 14.2 Å². The number of ether oxygens (including phenoxy) is 3. The highest BCUT2D eigenvalue weighted by atomic mass is 79.9. The number of aromatic hydroxyl groups is 1. The van der Waals surface area contributed by atoms with E-state index in [4.69, 9.17) is 25.8 Å². The molecule has 4 nitrogen and oxygen atoms in total. The molecule has 0 atom stereocenters. The maximum Gasteiger partial charge on any atom is 0.188 e. The Bertz CT molecular complexity index is 1130. The van der Waals surface area contributed by atoms with Gasteiger partial charge in [-0.25, -0.2) is 0 Å². The van der Waals surface area contributed by atoms with Crippen molar-refractivity contribution >= 4 is 27.5 Å². The van der Waals surface area contributed by atoms with Gasteiger partial charge in [0, 0.05) is 11.1 Å². The van der Waals surface area contributed by atoms with E-state index in [0.717, 1.165) is 0 Å². The van der Waals surface area contributed by atoms with Crippen molar-refractivity contribution in [2.75, 3.05) is 0 Å². The van der Waals surface area contributed by atoms with Gasteiger partial charge in [0.05, 0.1) is 0 Å². The van der Waals surface area contributed by atoms with Crippen LogP contribution in [0.4, 0.5) is 0 Å². The number of halogens is 2. The van der Waals surface area contributed by atoms with Gasteiger partial charge in [-0.2, -0.15) is 0 Å². The van der Waals surface area contributed by atoms with Gasteiger partial charge in [-0.3, -0.25) is 0 Å². The Morgan fingerprint density at radius 2 is 1.13 bits per heavy atom. The van der Waals surface area contributed by atoms with Crippen LogP contribution in [-0.2, 0) is 0 Å². The molecule has 4 aromatic rings. The molecular formula is C24H16BrClO4. The summed E-state index contributed by atoms with van der Waals surface area (Å²) in [4.78, 5) is 0. The minimum Gasteiger partial charge on any atom is -0.504 e. The van der Waals surface area contributed by atoms with E-state index in [0.29, 0.717) is 38.2 Å². The normalized spacial score (nSPS) is 10.5. The summed E-state index contributed by atoms with van der Waals surface area (Å²) in [6.45, 7) is 0. The topological polar surface area (TPSA) is 47.9 Å². The predicted molar refractivity (Wildman–Crippen MR) is 120 cm³/mol. The molecule has 1 N–H and O–H groups in total. The summed E-state index contributed by atoms with van der Waals surface area (Å²) >= 11 is 9.45. The molecule has 0 unspecified atom stereocenters. The molecule has 0 saturated carbocycles. The van der Waals surface area contributed by atoms with Gasteiger partial charge in [0.1, 0.15) is 21.7 Å². The molecule has 0 amide bonds. The molecule has 6 heteroatoms. The zero-order chi connectivity index (χ0) is 20.9. The molecule has 0 aliphatic heterocycles. The Kier molecular flexibility index (Phi) is 6.12. The standard InChI is InChI=1S/C24H16BrClO4/c25-22-23(29-19-13-11-16(26)12-14-19)20(27)15-21(28-17-7-3-1-4-8-17)24(22)30-18-9-5-2-6-10-18/h1-15,27H. The molecule has 0 saturated heterocycles. The van der Waals surface area contributed by atoms with E-state index in [-0.39, 0.29) is 11.5 Å². The van der Waals surface area contributed by atoms with Gasteiger partial charge in [-0.05, 0) is 64.5 Å². The van der Waals surface area contributed by atoms with Crippen molar-refractivity contribution in [3.8, 4) is 40.2 Å². The van der Waals surface area contributed by atoms with Gasteiger partial charge in [-0.1, -0.05) is 48.0 Å². The van der Waals surface area contributed by atoms with Gasteiger partial charge < -0.3 is 19.3 Å². The number of benzene rings is 4. The van der Waals surface area contributed by atoms with E-state index < -0.39 is 0 Å². The van der Waals surface area contributed by atoms with Crippen LogP contribution in [-0.4, -0.2) is 5.11 Å². The van der Waals surface area contributed by atoms with E-state index in [1.54, 1.807) is 24.3 Å². The third-order valence-corrected chi connectivity index (χ3v) is 5.06. The Hall–Kier alpha value is -3.15. The smallest absolute Gasteiger partial charge is 0.188 e. The Balaban J connectivity index is 1.76. The maximum absolute atomic E-state index is 10.6. The van der Waals surface area contributed by atoms with Crippen molar-refractivity contribution in [3.05, 3.63) is 100 Å². The molecular weight excluding hydrogens is 468 g/mol. The van der Waals surface area contributed by atoms with Crippen LogP contribution in [0.15, 0.2) is 95.5 Å². The van der Waals surface area contributed by atoms with Crippen LogP contribution in [0.5, 0.6) is 40.2 Å². The van der Waals surface area contributed by atoms with Crippen LogP contribution >= 0.6 is 27.5 Å². The largest absolute Gasteiger partial charge is 0.504 e. The van der Waals surface area contributed by atoms with Gasteiger partial charge >= 0.3 is 0 Å². The average Bonchev–Trinajstić information content (AvgIpc) is 2.77. The molecule has 30 heavy (non-hydrogen) atoms. The van der Waals surface area contributed by atoms with Crippen molar-refractivity contribution < 1.29 is 19.3 Å². The number of hydrogen-bond donors (Lipinski definition) is 1. The molecule has 0 aromatic heterocycles. The minimum absolute atomic E-state index is 0.108. The van der Waals surface area contributed by atoms with Crippen molar-refractivity contribution in [1.29, 1.82) is 0 Å². The Labute approximate surface area is 187 Å². The molecule has 0 radical (unpaired) electrons.